The quantitative estimate of drug-likeness (QED) is 0.731. The number of amides is 2. The number of para-hydroxylation sites is 1. The van der Waals surface area contributed by atoms with Gasteiger partial charge in [0.2, 0.25) is 5.91 Å². The van der Waals surface area contributed by atoms with Crippen molar-refractivity contribution in [2.24, 2.45) is 0 Å². The molecule has 1 atom stereocenters. The molecule has 25 heavy (non-hydrogen) atoms. The molecule has 2 amide bonds. The molecule has 0 fully saturated rings. The number of furan rings is 1. The van der Waals surface area contributed by atoms with Gasteiger partial charge in [0.25, 0.3) is 5.91 Å². The minimum Gasteiger partial charge on any atom is -0.451 e. The van der Waals surface area contributed by atoms with E-state index in [0.29, 0.717) is 17.8 Å². The normalized spacial score (nSPS) is 11.9. The van der Waals surface area contributed by atoms with E-state index in [1.165, 1.54) is 0 Å². The molecular weight excluding hydrogens is 316 g/mol. The maximum absolute atomic E-state index is 12.4. The lowest BCUT2D eigenvalue weighted by molar-refractivity contribution is -0.115. The molecule has 3 rings (SSSR count). The fourth-order valence-electron chi connectivity index (χ4n) is 2.55. The highest BCUT2D eigenvalue weighted by atomic mass is 16.3. The van der Waals surface area contributed by atoms with Gasteiger partial charge in [-0.2, -0.15) is 0 Å². The number of carbonyl (C=O) groups excluding carboxylic acids is 2. The molecule has 0 radical (unpaired) electrons. The lowest BCUT2D eigenvalue weighted by Gasteiger charge is -2.14. The maximum Gasteiger partial charge on any atom is 0.287 e. The average Bonchev–Trinajstić information content (AvgIpc) is 3.06. The van der Waals surface area contributed by atoms with Gasteiger partial charge in [-0.25, -0.2) is 0 Å². The maximum atomic E-state index is 12.4. The molecule has 0 bridgehead atoms. The highest BCUT2D eigenvalue weighted by Crippen LogP contribution is 2.21. The number of hydrogen-bond acceptors (Lipinski definition) is 3. The predicted molar refractivity (Wildman–Crippen MR) is 97.5 cm³/mol. The van der Waals surface area contributed by atoms with Crippen LogP contribution in [0.25, 0.3) is 11.0 Å². The molecule has 0 aliphatic heterocycles. The monoisotopic (exact) mass is 336 g/mol. The summed E-state index contributed by atoms with van der Waals surface area (Å²) in [6, 6.07) is 16.5. The molecule has 2 N–H and O–H groups in total. The third-order valence-electron chi connectivity index (χ3n) is 4.01. The Kier molecular flexibility index (Phi) is 4.84. The van der Waals surface area contributed by atoms with Crippen molar-refractivity contribution in [3.63, 3.8) is 0 Å². The smallest absolute Gasteiger partial charge is 0.287 e. The first kappa shape index (κ1) is 16.8. The van der Waals surface area contributed by atoms with Crippen molar-refractivity contribution in [2.45, 2.75) is 26.3 Å². The number of hydrogen-bond donors (Lipinski definition) is 2. The lowest BCUT2D eigenvalue weighted by Crippen LogP contribution is -2.26. The second-order valence-electron chi connectivity index (χ2n) is 5.87. The minimum atomic E-state index is -0.257. The molecule has 5 heteroatoms. The minimum absolute atomic E-state index is 0.0287. The Morgan fingerprint density at radius 3 is 2.48 bits per heavy atom. The zero-order chi connectivity index (χ0) is 17.8. The second-order valence-corrected chi connectivity index (χ2v) is 5.87. The van der Waals surface area contributed by atoms with Crippen LogP contribution in [0.15, 0.2) is 59.0 Å². The SMILES string of the molecule is CCC(=O)Nc1ccc(C(C)NC(=O)c2cc3ccccc3o2)cc1. The summed E-state index contributed by atoms with van der Waals surface area (Å²) >= 11 is 0. The van der Waals surface area contributed by atoms with E-state index in [2.05, 4.69) is 10.6 Å². The zero-order valence-corrected chi connectivity index (χ0v) is 14.2. The van der Waals surface area contributed by atoms with Gasteiger partial charge >= 0.3 is 0 Å². The van der Waals surface area contributed by atoms with Gasteiger partial charge in [0.05, 0.1) is 6.04 Å². The van der Waals surface area contributed by atoms with Crippen LogP contribution in [-0.4, -0.2) is 11.8 Å². The Morgan fingerprint density at radius 2 is 1.80 bits per heavy atom. The summed E-state index contributed by atoms with van der Waals surface area (Å²) in [5.41, 5.74) is 2.38. The van der Waals surface area contributed by atoms with E-state index in [9.17, 15) is 9.59 Å². The van der Waals surface area contributed by atoms with Crippen LogP contribution in [0.5, 0.6) is 0 Å². The molecule has 3 aromatic rings. The van der Waals surface area contributed by atoms with Crippen LogP contribution in [-0.2, 0) is 4.79 Å². The molecule has 1 heterocycles. The van der Waals surface area contributed by atoms with E-state index in [1.807, 2.05) is 55.5 Å². The summed E-state index contributed by atoms with van der Waals surface area (Å²) in [6.07, 6.45) is 0.436. The van der Waals surface area contributed by atoms with Crippen molar-refractivity contribution in [3.05, 3.63) is 65.9 Å². The summed E-state index contributed by atoms with van der Waals surface area (Å²) in [5, 5.41) is 6.62. The fraction of sp³-hybridized carbons (Fsp3) is 0.200. The summed E-state index contributed by atoms with van der Waals surface area (Å²) in [7, 11) is 0. The van der Waals surface area contributed by atoms with Gasteiger partial charge in [-0.15, -0.1) is 0 Å². The van der Waals surface area contributed by atoms with Crippen LogP contribution in [0.3, 0.4) is 0 Å². The van der Waals surface area contributed by atoms with Crippen LogP contribution in [0.1, 0.15) is 42.4 Å². The Balaban J connectivity index is 1.67. The first-order valence-electron chi connectivity index (χ1n) is 8.26. The summed E-state index contributed by atoms with van der Waals surface area (Å²) < 4.78 is 5.58. The molecule has 1 unspecified atom stereocenters. The highest BCUT2D eigenvalue weighted by Gasteiger charge is 2.15. The van der Waals surface area contributed by atoms with Crippen LogP contribution >= 0.6 is 0 Å². The highest BCUT2D eigenvalue weighted by molar-refractivity contribution is 5.96. The number of nitrogens with one attached hydrogen (secondary N) is 2. The topological polar surface area (TPSA) is 71.3 Å². The number of benzene rings is 2. The molecule has 5 nitrogen and oxygen atoms in total. The van der Waals surface area contributed by atoms with Gasteiger partial charge < -0.3 is 15.1 Å². The van der Waals surface area contributed by atoms with E-state index in [-0.39, 0.29) is 17.9 Å². The molecule has 1 aromatic heterocycles. The molecular formula is C20H20N2O3. The van der Waals surface area contributed by atoms with Gasteiger partial charge in [0.15, 0.2) is 5.76 Å². The molecule has 128 valence electrons. The fourth-order valence-corrected chi connectivity index (χ4v) is 2.55. The molecule has 2 aromatic carbocycles. The van der Waals surface area contributed by atoms with Crippen LogP contribution in [0.4, 0.5) is 5.69 Å². The van der Waals surface area contributed by atoms with Gasteiger partial charge in [-0.05, 0) is 36.8 Å². The Hall–Kier alpha value is -3.08. The van der Waals surface area contributed by atoms with Crippen LogP contribution in [0, 0.1) is 0 Å². The third kappa shape index (κ3) is 3.88. The number of anilines is 1. The Morgan fingerprint density at radius 1 is 1.08 bits per heavy atom. The molecule has 0 saturated heterocycles. The summed E-state index contributed by atoms with van der Waals surface area (Å²) in [6.45, 7) is 3.71. The predicted octanol–water partition coefficient (Wildman–Crippen LogP) is 4.27. The number of fused-ring (bicyclic) bond motifs is 1. The van der Waals surface area contributed by atoms with Crippen molar-refractivity contribution < 1.29 is 14.0 Å². The second kappa shape index (κ2) is 7.21. The Labute approximate surface area is 146 Å². The van der Waals surface area contributed by atoms with Crippen molar-refractivity contribution in [2.75, 3.05) is 5.32 Å². The van der Waals surface area contributed by atoms with Gasteiger partial charge in [-0.3, -0.25) is 9.59 Å². The van der Waals surface area contributed by atoms with Crippen molar-refractivity contribution >= 4 is 28.5 Å². The first-order chi connectivity index (χ1) is 12.1. The number of rotatable bonds is 5. The van der Waals surface area contributed by atoms with E-state index in [0.717, 1.165) is 16.6 Å². The van der Waals surface area contributed by atoms with Crippen molar-refractivity contribution in [1.29, 1.82) is 0 Å². The third-order valence-corrected chi connectivity index (χ3v) is 4.01. The van der Waals surface area contributed by atoms with E-state index in [1.54, 1.807) is 13.0 Å². The summed E-state index contributed by atoms with van der Waals surface area (Å²) in [4.78, 5) is 23.8. The molecule has 0 saturated carbocycles. The standard InChI is InChI=1S/C20H20N2O3/c1-3-19(23)22-16-10-8-14(9-11-16)13(2)21-20(24)18-12-15-6-4-5-7-17(15)25-18/h4-13H,3H2,1-2H3,(H,21,24)(H,22,23). The van der Waals surface area contributed by atoms with E-state index >= 15 is 0 Å². The van der Waals surface area contributed by atoms with Crippen molar-refractivity contribution in [1.82, 2.24) is 5.32 Å². The Bertz CT molecular complexity index is 864. The summed E-state index contributed by atoms with van der Waals surface area (Å²) in [5.74, 6) is 0.00549. The number of carbonyl (C=O) groups is 2. The van der Waals surface area contributed by atoms with Gasteiger partial charge in [0, 0.05) is 17.5 Å². The van der Waals surface area contributed by atoms with Crippen LogP contribution < -0.4 is 10.6 Å². The van der Waals surface area contributed by atoms with Gasteiger partial charge in [-0.1, -0.05) is 37.3 Å². The molecule has 0 aliphatic rings. The molecule has 0 spiro atoms. The van der Waals surface area contributed by atoms with Gasteiger partial charge in [0.1, 0.15) is 5.58 Å². The largest absolute Gasteiger partial charge is 0.451 e. The van der Waals surface area contributed by atoms with Crippen molar-refractivity contribution in [3.8, 4) is 0 Å². The van der Waals surface area contributed by atoms with E-state index in [4.69, 9.17) is 4.42 Å². The zero-order valence-electron chi connectivity index (χ0n) is 14.2. The van der Waals surface area contributed by atoms with E-state index < -0.39 is 0 Å². The molecule has 0 aliphatic carbocycles. The average molecular weight is 336 g/mol. The first-order valence-corrected chi connectivity index (χ1v) is 8.26. The van der Waals surface area contributed by atoms with Crippen LogP contribution in [0.2, 0.25) is 0 Å². The lowest BCUT2D eigenvalue weighted by atomic mass is 10.1.